The van der Waals surface area contributed by atoms with Gasteiger partial charge in [-0.25, -0.2) is 0 Å². The lowest BCUT2D eigenvalue weighted by Crippen LogP contribution is -2.29. The molecule has 1 aliphatic rings. The third-order valence-electron chi connectivity index (χ3n) is 2.64. The minimum Gasteiger partial charge on any atom is -0.307 e. The van der Waals surface area contributed by atoms with E-state index in [2.05, 4.69) is 24.4 Å². The molecular weight excluding hydrogens is 249 g/mol. The summed E-state index contributed by atoms with van der Waals surface area (Å²) in [7, 11) is 0. The molecule has 2 rings (SSSR count). The number of hydrogen-bond donors (Lipinski definition) is 1. The van der Waals surface area contributed by atoms with Crippen LogP contribution in [0.3, 0.4) is 0 Å². The Labute approximate surface area is 104 Å². The zero-order valence-electron chi connectivity index (χ0n) is 8.47. The van der Waals surface area contributed by atoms with Crippen LogP contribution < -0.4 is 5.32 Å². The molecule has 0 amide bonds. The summed E-state index contributed by atoms with van der Waals surface area (Å²) in [6.45, 7) is 2.13. The maximum absolute atomic E-state index is 6.10. The average molecular weight is 262 g/mol. The van der Waals surface area contributed by atoms with Gasteiger partial charge in [0.15, 0.2) is 0 Å². The first-order chi connectivity index (χ1) is 7.16. The predicted octanol–water partition coefficient (Wildman–Crippen LogP) is 4.42. The summed E-state index contributed by atoms with van der Waals surface area (Å²) in [6.07, 6.45) is 6.65. The van der Waals surface area contributed by atoms with Gasteiger partial charge >= 0.3 is 0 Å². The molecule has 0 radical (unpaired) electrons. The molecule has 1 atom stereocenters. The highest BCUT2D eigenvalue weighted by atomic mass is 35.5. The van der Waals surface area contributed by atoms with Crippen LogP contribution in [-0.2, 0) is 0 Å². The molecule has 0 saturated carbocycles. The van der Waals surface area contributed by atoms with E-state index in [1.807, 2.05) is 6.07 Å². The fourth-order valence-corrected chi connectivity index (χ4v) is 3.49. The molecule has 15 heavy (non-hydrogen) atoms. The Balaban J connectivity index is 2.00. The van der Waals surface area contributed by atoms with Gasteiger partial charge in [-0.05, 0) is 31.4 Å². The topological polar surface area (TPSA) is 12.0 Å². The van der Waals surface area contributed by atoms with Gasteiger partial charge in [0.2, 0.25) is 0 Å². The molecule has 0 aliphatic heterocycles. The lowest BCUT2D eigenvalue weighted by atomic mass is 10.1. The van der Waals surface area contributed by atoms with Crippen LogP contribution in [0.15, 0.2) is 18.2 Å². The van der Waals surface area contributed by atoms with Crippen LogP contribution in [0.4, 0.5) is 0 Å². The van der Waals surface area contributed by atoms with Crippen LogP contribution in [0.5, 0.6) is 0 Å². The summed E-state index contributed by atoms with van der Waals surface area (Å²) in [5.41, 5.74) is 1.11. The summed E-state index contributed by atoms with van der Waals surface area (Å²) < 4.78 is 1.55. The SMILES string of the molecule is CC(NC1CC=CC1)c1cc(Cl)sc1Cl. The molecule has 4 heteroatoms. The monoisotopic (exact) mass is 261 g/mol. The van der Waals surface area contributed by atoms with Gasteiger partial charge in [-0.15, -0.1) is 11.3 Å². The van der Waals surface area contributed by atoms with Crippen molar-refractivity contribution in [1.82, 2.24) is 5.32 Å². The van der Waals surface area contributed by atoms with Crippen molar-refractivity contribution in [2.24, 2.45) is 0 Å². The van der Waals surface area contributed by atoms with E-state index in [1.165, 1.54) is 11.3 Å². The summed E-state index contributed by atoms with van der Waals surface area (Å²) in [5.74, 6) is 0. The molecule has 82 valence electrons. The summed E-state index contributed by atoms with van der Waals surface area (Å²) in [4.78, 5) is 0. The van der Waals surface area contributed by atoms with Crippen molar-refractivity contribution in [2.75, 3.05) is 0 Å². The quantitative estimate of drug-likeness (QED) is 0.795. The van der Waals surface area contributed by atoms with Crippen molar-refractivity contribution in [1.29, 1.82) is 0 Å². The second-order valence-corrected chi connectivity index (χ2v) is 6.09. The van der Waals surface area contributed by atoms with Crippen LogP contribution >= 0.6 is 34.5 Å². The molecule has 1 nitrogen and oxygen atoms in total. The summed E-state index contributed by atoms with van der Waals surface area (Å²) in [6, 6.07) is 2.77. The maximum Gasteiger partial charge on any atom is 0.0991 e. The standard InChI is InChI=1S/C11H13Cl2NS/c1-7(14-8-4-2-3-5-8)9-6-10(12)15-11(9)13/h2-3,6-8,14H,4-5H2,1H3. The van der Waals surface area contributed by atoms with E-state index >= 15 is 0 Å². The van der Waals surface area contributed by atoms with Crippen LogP contribution in [-0.4, -0.2) is 6.04 Å². The van der Waals surface area contributed by atoms with Gasteiger partial charge in [0, 0.05) is 12.1 Å². The first-order valence-corrected chi connectivity index (χ1v) is 6.60. The molecule has 1 heterocycles. The fourth-order valence-electron chi connectivity index (χ4n) is 1.84. The van der Waals surface area contributed by atoms with Crippen molar-refractivity contribution in [3.63, 3.8) is 0 Å². The molecular formula is C11H13Cl2NS. The highest BCUT2D eigenvalue weighted by Crippen LogP contribution is 2.35. The number of rotatable bonds is 3. The van der Waals surface area contributed by atoms with E-state index in [-0.39, 0.29) is 6.04 Å². The van der Waals surface area contributed by atoms with Crippen molar-refractivity contribution >= 4 is 34.5 Å². The maximum atomic E-state index is 6.10. The molecule has 1 unspecified atom stereocenters. The first-order valence-electron chi connectivity index (χ1n) is 5.02. The number of halogens is 2. The second kappa shape index (κ2) is 4.88. The Morgan fingerprint density at radius 3 is 2.60 bits per heavy atom. The molecule has 1 aromatic heterocycles. The van der Waals surface area contributed by atoms with Crippen molar-refractivity contribution in [3.05, 3.63) is 32.5 Å². The van der Waals surface area contributed by atoms with Crippen LogP contribution in [0.1, 0.15) is 31.4 Å². The fraction of sp³-hybridized carbons (Fsp3) is 0.455. The Morgan fingerprint density at radius 2 is 2.07 bits per heavy atom. The number of hydrogen-bond acceptors (Lipinski definition) is 2. The van der Waals surface area contributed by atoms with E-state index in [9.17, 15) is 0 Å². The Morgan fingerprint density at radius 1 is 1.40 bits per heavy atom. The summed E-state index contributed by atoms with van der Waals surface area (Å²) in [5, 5.41) is 3.55. The largest absolute Gasteiger partial charge is 0.307 e. The average Bonchev–Trinajstić information content (AvgIpc) is 2.75. The highest BCUT2D eigenvalue weighted by Gasteiger charge is 2.17. The molecule has 0 fully saturated rings. The van der Waals surface area contributed by atoms with E-state index in [4.69, 9.17) is 23.2 Å². The Bertz CT molecular complexity index is 365. The molecule has 0 aromatic carbocycles. The van der Waals surface area contributed by atoms with Gasteiger partial charge in [0.25, 0.3) is 0 Å². The molecule has 0 bridgehead atoms. The van der Waals surface area contributed by atoms with Gasteiger partial charge in [0.1, 0.15) is 0 Å². The lowest BCUT2D eigenvalue weighted by Gasteiger charge is -2.18. The lowest BCUT2D eigenvalue weighted by molar-refractivity contribution is 0.472. The molecule has 1 aliphatic carbocycles. The number of nitrogens with one attached hydrogen (secondary N) is 1. The van der Waals surface area contributed by atoms with Gasteiger partial charge < -0.3 is 5.32 Å². The van der Waals surface area contributed by atoms with Crippen LogP contribution in [0.25, 0.3) is 0 Å². The summed E-state index contributed by atoms with van der Waals surface area (Å²) >= 11 is 13.5. The highest BCUT2D eigenvalue weighted by molar-refractivity contribution is 7.20. The van der Waals surface area contributed by atoms with E-state index in [1.54, 1.807) is 0 Å². The third-order valence-corrected chi connectivity index (χ3v) is 4.16. The Hall–Kier alpha value is -0.0200. The molecule has 0 saturated heterocycles. The zero-order chi connectivity index (χ0) is 10.8. The zero-order valence-corrected chi connectivity index (χ0v) is 10.8. The van der Waals surface area contributed by atoms with Crippen molar-refractivity contribution in [3.8, 4) is 0 Å². The smallest absolute Gasteiger partial charge is 0.0991 e. The minimum absolute atomic E-state index is 0.270. The van der Waals surface area contributed by atoms with Gasteiger partial charge in [0.05, 0.1) is 8.67 Å². The van der Waals surface area contributed by atoms with Gasteiger partial charge in [-0.2, -0.15) is 0 Å². The van der Waals surface area contributed by atoms with E-state index in [0.717, 1.165) is 27.1 Å². The van der Waals surface area contributed by atoms with E-state index in [0.29, 0.717) is 6.04 Å². The third kappa shape index (κ3) is 2.76. The Kier molecular flexibility index (Phi) is 3.73. The normalized spacial score (nSPS) is 18.6. The van der Waals surface area contributed by atoms with Crippen molar-refractivity contribution in [2.45, 2.75) is 31.8 Å². The molecule has 1 N–H and O–H groups in total. The predicted molar refractivity (Wildman–Crippen MR) is 68.1 cm³/mol. The number of thiophene rings is 1. The minimum atomic E-state index is 0.270. The molecule has 1 aromatic rings. The van der Waals surface area contributed by atoms with Gasteiger partial charge in [-0.1, -0.05) is 35.4 Å². The van der Waals surface area contributed by atoms with Crippen LogP contribution in [0, 0.1) is 0 Å². The second-order valence-electron chi connectivity index (χ2n) is 3.81. The van der Waals surface area contributed by atoms with Crippen LogP contribution in [0.2, 0.25) is 8.67 Å². The van der Waals surface area contributed by atoms with Crippen molar-refractivity contribution < 1.29 is 0 Å². The first kappa shape index (κ1) is 11.5. The van der Waals surface area contributed by atoms with Gasteiger partial charge in [-0.3, -0.25) is 0 Å². The van der Waals surface area contributed by atoms with E-state index < -0.39 is 0 Å². The molecule has 0 spiro atoms.